The van der Waals surface area contributed by atoms with Gasteiger partial charge in [0.05, 0.1) is 12.0 Å². The maximum Gasteiger partial charge on any atom is 0.200 e. The van der Waals surface area contributed by atoms with Crippen LogP contribution in [0.4, 0.5) is 17.6 Å². The van der Waals surface area contributed by atoms with E-state index in [4.69, 9.17) is 9.47 Å². The minimum atomic E-state index is -2.21. The molecule has 0 N–H and O–H groups in total. The van der Waals surface area contributed by atoms with Crippen molar-refractivity contribution in [2.75, 3.05) is 6.61 Å². The Morgan fingerprint density at radius 3 is 2.33 bits per heavy atom. The molecule has 0 aliphatic heterocycles. The van der Waals surface area contributed by atoms with E-state index in [0.29, 0.717) is 12.3 Å². The van der Waals surface area contributed by atoms with E-state index in [1.165, 1.54) is 88.1 Å². The summed E-state index contributed by atoms with van der Waals surface area (Å²) in [5.74, 6) is -0.810. The Hall–Kier alpha value is -2.76. The van der Waals surface area contributed by atoms with Gasteiger partial charge in [0.25, 0.3) is 0 Å². The smallest absolute Gasteiger partial charge is 0.200 e. The van der Waals surface area contributed by atoms with Crippen LogP contribution < -0.4 is 4.74 Å². The summed E-state index contributed by atoms with van der Waals surface area (Å²) >= 11 is 0. The highest BCUT2D eigenvalue weighted by Crippen LogP contribution is 2.48. The van der Waals surface area contributed by atoms with E-state index in [1.54, 1.807) is 0 Å². The maximum absolute atomic E-state index is 15.3. The fraction of sp³-hybridized carbons (Fsp3) is 0.568. The second-order valence-electron chi connectivity index (χ2n) is 13.2. The summed E-state index contributed by atoms with van der Waals surface area (Å²) in [6.07, 6.45) is 12.6. The first kappa shape index (κ1) is 31.7. The molecule has 0 heterocycles. The van der Waals surface area contributed by atoms with Gasteiger partial charge in [-0.2, -0.15) is 4.39 Å². The van der Waals surface area contributed by atoms with E-state index in [0.717, 1.165) is 29.7 Å². The molecule has 5 rings (SSSR count). The highest BCUT2D eigenvalue weighted by Gasteiger charge is 2.44. The van der Waals surface area contributed by atoms with Crippen LogP contribution in [-0.4, -0.2) is 12.8 Å². The number of allylic oxidation sites excluding steroid dienone is 3. The Bertz CT molecular complexity index is 1300. The first-order valence-electron chi connectivity index (χ1n) is 16.3. The summed E-state index contributed by atoms with van der Waals surface area (Å²) in [6.45, 7) is 5.93. The molecule has 6 heteroatoms. The third-order valence-electron chi connectivity index (χ3n) is 10.2. The van der Waals surface area contributed by atoms with E-state index in [-0.39, 0.29) is 30.3 Å². The molecular weight excluding hydrogens is 552 g/mol. The van der Waals surface area contributed by atoms with Crippen molar-refractivity contribution in [3.63, 3.8) is 0 Å². The van der Waals surface area contributed by atoms with Crippen molar-refractivity contribution in [3.8, 4) is 5.75 Å². The van der Waals surface area contributed by atoms with Gasteiger partial charge in [0.2, 0.25) is 5.82 Å². The monoisotopic (exact) mass is 598 g/mol. The fourth-order valence-corrected chi connectivity index (χ4v) is 7.54. The van der Waals surface area contributed by atoms with Crippen LogP contribution in [0.25, 0.3) is 0 Å². The zero-order valence-corrected chi connectivity index (χ0v) is 25.8. The molecule has 2 fully saturated rings. The highest BCUT2D eigenvalue weighted by molar-refractivity contribution is 5.45. The van der Waals surface area contributed by atoms with E-state index in [9.17, 15) is 4.39 Å². The second-order valence-corrected chi connectivity index (χ2v) is 13.2. The molecule has 0 amide bonds. The Kier molecular flexibility index (Phi) is 10.2. The first-order valence-corrected chi connectivity index (χ1v) is 16.3. The molecule has 2 aromatic carbocycles. The minimum Gasteiger partial charge on any atom is -0.491 e. The van der Waals surface area contributed by atoms with Crippen LogP contribution in [0.2, 0.25) is 0 Å². The Morgan fingerprint density at radius 2 is 1.58 bits per heavy atom. The van der Waals surface area contributed by atoms with Gasteiger partial charge in [0.15, 0.2) is 29.3 Å². The average molecular weight is 599 g/mol. The number of ether oxygens (including phenoxy) is 2. The molecule has 2 aromatic rings. The van der Waals surface area contributed by atoms with Crippen molar-refractivity contribution in [2.45, 2.75) is 109 Å². The predicted octanol–water partition coefficient (Wildman–Crippen LogP) is 10.8. The van der Waals surface area contributed by atoms with E-state index in [1.807, 2.05) is 19.1 Å². The molecule has 0 saturated heterocycles. The lowest BCUT2D eigenvalue weighted by Gasteiger charge is -2.42. The first-order chi connectivity index (χ1) is 20.7. The second kappa shape index (κ2) is 13.9. The topological polar surface area (TPSA) is 18.5 Å². The molecule has 6 unspecified atom stereocenters. The maximum atomic E-state index is 15.3. The summed E-state index contributed by atoms with van der Waals surface area (Å²) in [6, 6.07) is 10.9. The van der Waals surface area contributed by atoms with Gasteiger partial charge in [0.1, 0.15) is 6.61 Å². The summed E-state index contributed by atoms with van der Waals surface area (Å²) in [4.78, 5) is 0. The van der Waals surface area contributed by atoms with Gasteiger partial charge in [-0.15, -0.1) is 0 Å². The molecule has 3 aliphatic carbocycles. The van der Waals surface area contributed by atoms with Crippen molar-refractivity contribution < 1.29 is 27.0 Å². The zero-order chi connectivity index (χ0) is 30.6. The number of halogens is 4. The van der Waals surface area contributed by atoms with Crippen LogP contribution in [0, 0.1) is 29.4 Å². The molecule has 3 aliphatic rings. The normalized spacial score (nSPS) is 29.0. The number of alkyl halides is 1. The van der Waals surface area contributed by atoms with E-state index >= 15 is 13.2 Å². The molecule has 2 nitrogen and oxygen atoms in total. The van der Waals surface area contributed by atoms with Gasteiger partial charge in [-0.25, -0.2) is 13.2 Å². The van der Waals surface area contributed by atoms with Crippen molar-refractivity contribution in [2.24, 2.45) is 17.8 Å². The molecule has 2 saturated carbocycles. The van der Waals surface area contributed by atoms with Gasteiger partial charge in [0, 0.05) is 5.56 Å². The fourth-order valence-electron chi connectivity index (χ4n) is 7.54. The van der Waals surface area contributed by atoms with Crippen LogP contribution in [-0.2, 0) is 16.8 Å². The number of unbranched alkanes of at least 4 members (excludes halogenated alkanes) is 1. The molecular formula is C37H46F4O2. The molecule has 6 atom stereocenters. The number of hydrogen-bond donors (Lipinski definition) is 0. The lowest BCUT2D eigenvalue weighted by atomic mass is 9.63. The summed E-state index contributed by atoms with van der Waals surface area (Å²) in [5, 5.41) is 0. The SMILES string of the molecule is CCCCOC1=C(F)C(F)C(C)(c2ccc(OCc3ccc(C4CCC5CC(CCC)CCC5C4)cc3)c(F)c2F)C=C1. The van der Waals surface area contributed by atoms with Crippen molar-refractivity contribution in [1.82, 2.24) is 0 Å². The lowest BCUT2D eigenvalue weighted by Crippen LogP contribution is -2.36. The highest BCUT2D eigenvalue weighted by atomic mass is 19.2. The minimum absolute atomic E-state index is 0.0723. The third kappa shape index (κ3) is 6.83. The molecule has 0 spiro atoms. The molecule has 0 aromatic heterocycles. The average Bonchev–Trinajstić information content (AvgIpc) is 3.02. The number of benzene rings is 2. The van der Waals surface area contributed by atoms with Crippen molar-refractivity contribution in [1.29, 1.82) is 0 Å². The number of fused-ring (bicyclic) bond motifs is 1. The standard InChI is InChI=1S/C37H46F4O2/c1-4-6-20-42-32-18-19-37(3,36(41)35(32)40)30-16-17-31(34(39)33(30)38)43-23-25-9-11-26(12-10-25)28-15-14-27-21-24(7-5-2)8-13-29(27)22-28/h9-12,16-19,24,27-29,36H,4-8,13-15,20-23H2,1-3H3. The number of rotatable bonds is 11. The van der Waals surface area contributed by atoms with Gasteiger partial charge in [-0.1, -0.05) is 75.9 Å². The van der Waals surface area contributed by atoms with Gasteiger partial charge in [-0.3, -0.25) is 0 Å². The summed E-state index contributed by atoms with van der Waals surface area (Å²) in [5.41, 5.74) is 0.195. The van der Waals surface area contributed by atoms with Crippen LogP contribution in [0.3, 0.4) is 0 Å². The molecule has 234 valence electrons. The molecule has 0 bridgehead atoms. The lowest BCUT2D eigenvalue weighted by molar-refractivity contribution is 0.114. The van der Waals surface area contributed by atoms with Gasteiger partial charge >= 0.3 is 0 Å². The Morgan fingerprint density at radius 1 is 0.837 bits per heavy atom. The largest absolute Gasteiger partial charge is 0.491 e. The zero-order valence-electron chi connectivity index (χ0n) is 25.8. The Balaban J connectivity index is 1.19. The van der Waals surface area contributed by atoms with Crippen molar-refractivity contribution >= 4 is 0 Å². The van der Waals surface area contributed by atoms with E-state index < -0.39 is 29.0 Å². The molecule has 0 radical (unpaired) electrons. The number of hydrogen-bond acceptors (Lipinski definition) is 2. The van der Waals surface area contributed by atoms with E-state index in [2.05, 4.69) is 19.1 Å². The van der Waals surface area contributed by atoms with Crippen LogP contribution in [0.1, 0.15) is 108 Å². The predicted molar refractivity (Wildman–Crippen MR) is 163 cm³/mol. The summed E-state index contributed by atoms with van der Waals surface area (Å²) < 4.78 is 71.5. The van der Waals surface area contributed by atoms with Gasteiger partial charge < -0.3 is 9.47 Å². The van der Waals surface area contributed by atoms with Crippen LogP contribution in [0.5, 0.6) is 5.75 Å². The third-order valence-corrected chi connectivity index (χ3v) is 10.2. The van der Waals surface area contributed by atoms with Crippen LogP contribution in [0.15, 0.2) is 60.1 Å². The Labute approximate surface area is 254 Å². The summed E-state index contributed by atoms with van der Waals surface area (Å²) in [7, 11) is 0. The van der Waals surface area contributed by atoms with Crippen LogP contribution >= 0.6 is 0 Å². The van der Waals surface area contributed by atoms with Crippen molar-refractivity contribution in [3.05, 3.63) is 88.5 Å². The quantitative estimate of drug-likeness (QED) is 0.189. The molecule has 43 heavy (non-hydrogen) atoms. The van der Waals surface area contributed by atoms with Gasteiger partial charge in [-0.05, 0) is 92.4 Å².